The van der Waals surface area contributed by atoms with Crippen LogP contribution < -0.4 is 0 Å². The van der Waals surface area contributed by atoms with Gasteiger partial charge in [0.25, 0.3) is 0 Å². The lowest BCUT2D eigenvalue weighted by Crippen LogP contribution is -1.99. The summed E-state index contributed by atoms with van der Waals surface area (Å²) in [4.78, 5) is 4.40. The van der Waals surface area contributed by atoms with Crippen LogP contribution >= 0.6 is 22.9 Å². The molecular formula is C10H12ClN3S. The maximum absolute atomic E-state index is 5.69. The number of alkyl halides is 1. The third-order valence-corrected chi connectivity index (χ3v) is 3.30. The van der Waals surface area contributed by atoms with Crippen LogP contribution in [0.5, 0.6) is 0 Å². The van der Waals surface area contributed by atoms with E-state index >= 15 is 0 Å². The third-order valence-electron chi connectivity index (χ3n) is 2.07. The molecule has 0 saturated carbocycles. The zero-order valence-corrected chi connectivity index (χ0v) is 9.84. The zero-order chi connectivity index (χ0) is 10.5. The molecule has 2 aromatic heterocycles. The average molecular weight is 242 g/mol. The smallest absolute Gasteiger partial charge is 0.0929 e. The van der Waals surface area contributed by atoms with Crippen LogP contribution in [0.3, 0.4) is 0 Å². The predicted molar refractivity (Wildman–Crippen MR) is 62.2 cm³/mol. The molecule has 0 N–H and O–H groups in total. The standard InChI is InChI=1S/C10H12ClN3S/c11-7-9-8-15-10(13-9)3-1-5-14-6-2-4-12-14/h2,4,6,8H,1,3,5,7H2. The maximum atomic E-state index is 5.69. The van der Waals surface area contributed by atoms with Gasteiger partial charge in [-0.25, -0.2) is 4.98 Å². The van der Waals surface area contributed by atoms with Crippen LogP contribution in [0, 0.1) is 0 Å². The van der Waals surface area contributed by atoms with Gasteiger partial charge in [-0.05, 0) is 12.5 Å². The normalized spacial score (nSPS) is 10.7. The fraction of sp³-hybridized carbons (Fsp3) is 0.400. The van der Waals surface area contributed by atoms with Gasteiger partial charge in [-0.1, -0.05) is 0 Å². The molecule has 0 amide bonds. The van der Waals surface area contributed by atoms with Gasteiger partial charge in [-0.3, -0.25) is 4.68 Å². The lowest BCUT2D eigenvalue weighted by molar-refractivity contribution is 0.578. The molecule has 0 radical (unpaired) electrons. The summed E-state index contributed by atoms with van der Waals surface area (Å²) in [5.74, 6) is 0.510. The average Bonchev–Trinajstić information content (AvgIpc) is 2.88. The molecule has 0 atom stereocenters. The van der Waals surface area contributed by atoms with Crippen molar-refractivity contribution in [2.75, 3.05) is 0 Å². The second-order valence-corrected chi connectivity index (χ2v) is 4.45. The van der Waals surface area contributed by atoms with E-state index in [2.05, 4.69) is 10.1 Å². The van der Waals surface area contributed by atoms with Gasteiger partial charge < -0.3 is 0 Å². The van der Waals surface area contributed by atoms with E-state index < -0.39 is 0 Å². The Labute approximate surface area is 97.7 Å². The van der Waals surface area contributed by atoms with E-state index in [-0.39, 0.29) is 0 Å². The Bertz CT molecular complexity index is 396. The molecule has 5 heteroatoms. The number of aryl methyl sites for hydroxylation is 2. The molecular weight excluding hydrogens is 230 g/mol. The second-order valence-electron chi connectivity index (χ2n) is 3.24. The van der Waals surface area contributed by atoms with Gasteiger partial charge >= 0.3 is 0 Å². The number of hydrogen-bond acceptors (Lipinski definition) is 3. The van der Waals surface area contributed by atoms with Crippen molar-refractivity contribution >= 4 is 22.9 Å². The zero-order valence-electron chi connectivity index (χ0n) is 8.27. The van der Waals surface area contributed by atoms with E-state index in [1.54, 1.807) is 17.5 Å². The molecule has 3 nitrogen and oxygen atoms in total. The highest BCUT2D eigenvalue weighted by molar-refractivity contribution is 7.09. The number of rotatable bonds is 5. The van der Waals surface area contributed by atoms with Crippen molar-refractivity contribution in [3.05, 3.63) is 34.5 Å². The van der Waals surface area contributed by atoms with Gasteiger partial charge in [-0.2, -0.15) is 5.10 Å². The number of nitrogens with zero attached hydrogens (tertiary/aromatic N) is 3. The number of hydrogen-bond donors (Lipinski definition) is 0. The fourth-order valence-corrected chi connectivity index (χ4v) is 2.42. The number of aromatic nitrogens is 3. The van der Waals surface area contributed by atoms with Gasteiger partial charge in [0.2, 0.25) is 0 Å². The molecule has 0 spiro atoms. The van der Waals surface area contributed by atoms with Crippen molar-refractivity contribution in [3.63, 3.8) is 0 Å². The summed E-state index contributed by atoms with van der Waals surface area (Å²) >= 11 is 7.37. The first-order chi connectivity index (χ1) is 7.38. The first-order valence-electron chi connectivity index (χ1n) is 4.85. The monoisotopic (exact) mass is 241 g/mol. The van der Waals surface area contributed by atoms with Crippen molar-refractivity contribution in [2.24, 2.45) is 0 Å². The minimum absolute atomic E-state index is 0.510. The number of halogens is 1. The molecule has 0 aliphatic carbocycles. The van der Waals surface area contributed by atoms with Crippen LogP contribution in [0.2, 0.25) is 0 Å². The molecule has 2 heterocycles. The van der Waals surface area contributed by atoms with Crippen molar-refractivity contribution in [2.45, 2.75) is 25.3 Å². The molecule has 80 valence electrons. The van der Waals surface area contributed by atoms with Crippen molar-refractivity contribution in [3.8, 4) is 0 Å². The molecule has 0 bridgehead atoms. The van der Waals surface area contributed by atoms with Crippen molar-refractivity contribution in [1.82, 2.24) is 14.8 Å². The molecule has 0 aliphatic rings. The van der Waals surface area contributed by atoms with Crippen LogP contribution in [0.15, 0.2) is 23.8 Å². The predicted octanol–water partition coefficient (Wildman–Crippen LogP) is 2.71. The maximum Gasteiger partial charge on any atom is 0.0929 e. The van der Waals surface area contributed by atoms with Gasteiger partial charge in [0.15, 0.2) is 0 Å². The largest absolute Gasteiger partial charge is 0.273 e. The van der Waals surface area contributed by atoms with Crippen LogP contribution in [-0.4, -0.2) is 14.8 Å². The van der Waals surface area contributed by atoms with Gasteiger partial charge in [0, 0.05) is 30.7 Å². The van der Waals surface area contributed by atoms with E-state index in [4.69, 9.17) is 11.6 Å². The van der Waals surface area contributed by atoms with Crippen molar-refractivity contribution < 1.29 is 0 Å². The Morgan fingerprint density at radius 1 is 1.47 bits per heavy atom. The molecule has 0 fully saturated rings. The minimum Gasteiger partial charge on any atom is -0.273 e. The first kappa shape index (κ1) is 10.6. The Morgan fingerprint density at radius 2 is 2.40 bits per heavy atom. The van der Waals surface area contributed by atoms with Crippen molar-refractivity contribution in [1.29, 1.82) is 0 Å². The molecule has 0 aliphatic heterocycles. The second kappa shape index (κ2) is 5.28. The Balaban J connectivity index is 1.78. The number of thiazole rings is 1. The lowest BCUT2D eigenvalue weighted by atomic mass is 10.3. The molecule has 2 aromatic rings. The Hall–Kier alpha value is -0.870. The molecule has 15 heavy (non-hydrogen) atoms. The summed E-state index contributed by atoms with van der Waals surface area (Å²) in [6.07, 6.45) is 5.85. The van der Waals surface area contributed by atoms with Gasteiger partial charge in [-0.15, -0.1) is 22.9 Å². The van der Waals surface area contributed by atoms with E-state index in [0.29, 0.717) is 5.88 Å². The highest BCUT2D eigenvalue weighted by Gasteiger charge is 2.00. The molecule has 0 aromatic carbocycles. The SMILES string of the molecule is ClCc1csc(CCCn2cccn2)n1. The quantitative estimate of drug-likeness (QED) is 0.754. The van der Waals surface area contributed by atoms with E-state index in [1.807, 2.05) is 22.3 Å². The summed E-state index contributed by atoms with van der Waals surface area (Å²) in [5.41, 5.74) is 0.982. The minimum atomic E-state index is 0.510. The summed E-state index contributed by atoms with van der Waals surface area (Å²) in [6.45, 7) is 0.947. The summed E-state index contributed by atoms with van der Waals surface area (Å²) in [6, 6.07) is 1.94. The molecule has 0 saturated heterocycles. The molecule has 2 rings (SSSR count). The Kier molecular flexibility index (Phi) is 3.75. The van der Waals surface area contributed by atoms with Crippen LogP contribution in [-0.2, 0) is 18.8 Å². The first-order valence-corrected chi connectivity index (χ1v) is 6.26. The van der Waals surface area contributed by atoms with Crippen LogP contribution in [0.25, 0.3) is 0 Å². The summed E-state index contributed by atoms with van der Waals surface area (Å²) in [7, 11) is 0. The Morgan fingerprint density at radius 3 is 3.07 bits per heavy atom. The van der Waals surface area contributed by atoms with Crippen LogP contribution in [0.4, 0.5) is 0 Å². The summed E-state index contributed by atoms with van der Waals surface area (Å²) in [5, 5.41) is 7.34. The van der Waals surface area contributed by atoms with Crippen LogP contribution in [0.1, 0.15) is 17.1 Å². The van der Waals surface area contributed by atoms with Gasteiger partial charge in [0.05, 0.1) is 16.6 Å². The van der Waals surface area contributed by atoms with E-state index in [0.717, 1.165) is 30.1 Å². The molecule has 0 unspecified atom stereocenters. The topological polar surface area (TPSA) is 30.7 Å². The van der Waals surface area contributed by atoms with E-state index in [9.17, 15) is 0 Å². The highest BCUT2D eigenvalue weighted by atomic mass is 35.5. The lowest BCUT2D eigenvalue weighted by Gasteiger charge is -1.98. The van der Waals surface area contributed by atoms with Gasteiger partial charge in [0.1, 0.15) is 0 Å². The fourth-order valence-electron chi connectivity index (χ4n) is 1.35. The van der Waals surface area contributed by atoms with E-state index in [1.165, 1.54) is 0 Å². The highest BCUT2D eigenvalue weighted by Crippen LogP contribution is 2.13. The third kappa shape index (κ3) is 3.04. The summed E-state index contributed by atoms with van der Waals surface area (Å²) < 4.78 is 1.94.